The summed E-state index contributed by atoms with van der Waals surface area (Å²) < 4.78 is 33.3. The Balaban J connectivity index is 1.47. The number of sulfonamides is 1. The lowest BCUT2D eigenvalue weighted by Crippen LogP contribution is -2.36. The highest BCUT2D eigenvalue weighted by Gasteiger charge is 2.15. The zero-order chi connectivity index (χ0) is 23.0. The standard InChI is InChI=1S/C25H28N2O4S/c1-19-8-6-7-11-24(19)27-32(29,30)23-16-14-22(15-17-23)31-18-25(28)26-20(2)12-13-21-9-4-3-5-10-21/h3-11,14-17,20,27H,12-13,18H2,1-2H3,(H,26,28)/t20-/m0/s1. The molecule has 1 amide bonds. The predicted octanol–water partition coefficient (Wildman–Crippen LogP) is 4.31. The Labute approximate surface area is 189 Å². The number of aryl methyl sites for hydroxylation is 2. The van der Waals surface area contributed by atoms with Gasteiger partial charge < -0.3 is 10.1 Å². The Hall–Kier alpha value is -3.32. The van der Waals surface area contributed by atoms with Gasteiger partial charge in [-0.25, -0.2) is 8.42 Å². The zero-order valence-electron chi connectivity index (χ0n) is 18.2. The second-order valence-corrected chi connectivity index (χ2v) is 9.36. The third-order valence-corrected chi connectivity index (χ3v) is 6.39. The molecule has 32 heavy (non-hydrogen) atoms. The SMILES string of the molecule is Cc1ccccc1NS(=O)(=O)c1ccc(OCC(=O)N[C@@H](C)CCc2ccccc2)cc1. The van der Waals surface area contributed by atoms with Gasteiger partial charge in [0.15, 0.2) is 6.61 Å². The van der Waals surface area contributed by atoms with Crippen molar-refractivity contribution >= 4 is 21.6 Å². The molecule has 0 saturated heterocycles. The number of nitrogens with one attached hydrogen (secondary N) is 2. The number of para-hydroxylation sites is 1. The summed E-state index contributed by atoms with van der Waals surface area (Å²) in [6.07, 6.45) is 1.71. The average molecular weight is 453 g/mol. The van der Waals surface area contributed by atoms with E-state index in [4.69, 9.17) is 4.74 Å². The van der Waals surface area contributed by atoms with Crippen LogP contribution < -0.4 is 14.8 Å². The second kappa shape index (κ2) is 10.8. The van der Waals surface area contributed by atoms with Crippen LogP contribution in [0.5, 0.6) is 5.75 Å². The molecule has 0 aliphatic heterocycles. The van der Waals surface area contributed by atoms with E-state index >= 15 is 0 Å². The molecule has 0 aliphatic rings. The van der Waals surface area contributed by atoms with Crippen LogP contribution in [0.3, 0.4) is 0 Å². The third-order valence-electron chi connectivity index (χ3n) is 5.01. The molecule has 0 radical (unpaired) electrons. The second-order valence-electron chi connectivity index (χ2n) is 7.67. The van der Waals surface area contributed by atoms with Crippen LogP contribution in [0.1, 0.15) is 24.5 Å². The van der Waals surface area contributed by atoms with Gasteiger partial charge in [0.1, 0.15) is 5.75 Å². The largest absolute Gasteiger partial charge is 0.484 e. The molecule has 0 heterocycles. The van der Waals surface area contributed by atoms with Gasteiger partial charge in [-0.1, -0.05) is 48.5 Å². The fourth-order valence-electron chi connectivity index (χ4n) is 3.17. The van der Waals surface area contributed by atoms with E-state index in [9.17, 15) is 13.2 Å². The van der Waals surface area contributed by atoms with Crippen molar-refractivity contribution in [3.8, 4) is 5.75 Å². The summed E-state index contributed by atoms with van der Waals surface area (Å²) in [5.41, 5.74) is 2.60. The minimum absolute atomic E-state index is 0.0198. The summed E-state index contributed by atoms with van der Waals surface area (Å²) >= 11 is 0. The molecule has 168 valence electrons. The van der Waals surface area contributed by atoms with Crippen molar-refractivity contribution < 1.29 is 17.9 Å². The molecule has 0 unspecified atom stereocenters. The minimum Gasteiger partial charge on any atom is -0.484 e. The number of ether oxygens (including phenoxy) is 1. The Bertz CT molecular complexity index is 1130. The lowest BCUT2D eigenvalue weighted by Gasteiger charge is -2.14. The van der Waals surface area contributed by atoms with Gasteiger partial charge in [-0.3, -0.25) is 9.52 Å². The molecule has 0 saturated carbocycles. The Kier molecular flexibility index (Phi) is 7.89. The Morgan fingerprint density at radius 1 is 0.938 bits per heavy atom. The quantitative estimate of drug-likeness (QED) is 0.480. The summed E-state index contributed by atoms with van der Waals surface area (Å²) in [6, 6.07) is 23.3. The number of rotatable bonds is 10. The molecule has 6 nitrogen and oxygen atoms in total. The van der Waals surface area contributed by atoms with Crippen molar-refractivity contribution in [1.82, 2.24) is 5.32 Å². The first-order valence-electron chi connectivity index (χ1n) is 10.5. The van der Waals surface area contributed by atoms with Gasteiger partial charge in [-0.2, -0.15) is 0 Å². The molecule has 1 atom stereocenters. The maximum atomic E-state index is 12.6. The number of amides is 1. The van der Waals surface area contributed by atoms with Crippen LogP contribution in [-0.4, -0.2) is 27.0 Å². The number of carbonyl (C=O) groups excluding carboxylic acids is 1. The van der Waals surface area contributed by atoms with Crippen LogP contribution in [0.2, 0.25) is 0 Å². The normalized spacial score (nSPS) is 12.1. The van der Waals surface area contributed by atoms with Crippen molar-refractivity contribution in [2.75, 3.05) is 11.3 Å². The molecular formula is C25H28N2O4S. The van der Waals surface area contributed by atoms with Crippen LogP contribution in [0.15, 0.2) is 83.8 Å². The van der Waals surface area contributed by atoms with Crippen LogP contribution in [0.25, 0.3) is 0 Å². The van der Waals surface area contributed by atoms with Gasteiger partial charge >= 0.3 is 0 Å². The highest BCUT2D eigenvalue weighted by Crippen LogP contribution is 2.21. The Morgan fingerprint density at radius 3 is 2.28 bits per heavy atom. The van der Waals surface area contributed by atoms with Crippen LogP contribution in [-0.2, 0) is 21.2 Å². The molecule has 7 heteroatoms. The summed E-state index contributed by atoms with van der Waals surface area (Å²) in [4.78, 5) is 12.3. The van der Waals surface area contributed by atoms with E-state index in [1.165, 1.54) is 17.7 Å². The van der Waals surface area contributed by atoms with E-state index in [1.54, 1.807) is 24.3 Å². The average Bonchev–Trinajstić information content (AvgIpc) is 2.79. The lowest BCUT2D eigenvalue weighted by molar-refractivity contribution is -0.123. The van der Waals surface area contributed by atoms with Crippen LogP contribution in [0.4, 0.5) is 5.69 Å². The molecule has 0 spiro atoms. The smallest absolute Gasteiger partial charge is 0.261 e. The highest BCUT2D eigenvalue weighted by atomic mass is 32.2. The molecule has 3 rings (SSSR count). The van der Waals surface area contributed by atoms with Crippen molar-refractivity contribution in [2.45, 2.75) is 37.6 Å². The first-order valence-corrected chi connectivity index (χ1v) is 12.0. The number of hydrogen-bond donors (Lipinski definition) is 2. The fraction of sp³-hybridized carbons (Fsp3) is 0.240. The predicted molar refractivity (Wildman–Crippen MR) is 126 cm³/mol. The molecule has 2 N–H and O–H groups in total. The molecule has 0 fully saturated rings. The summed E-state index contributed by atoms with van der Waals surface area (Å²) in [6.45, 7) is 3.66. The molecule has 3 aromatic carbocycles. The van der Waals surface area contributed by atoms with Crippen molar-refractivity contribution in [1.29, 1.82) is 0 Å². The minimum atomic E-state index is -3.71. The van der Waals surface area contributed by atoms with Gasteiger partial charge in [0.25, 0.3) is 15.9 Å². The number of carbonyl (C=O) groups is 1. The van der Waals surface area contributed by atoms with Gasteiger partial charge in [-0.05, 0) is 68.1 Å². The highest BCUT2D eigenvalue weighted by molar-refractivity contribution is 7.92. The maximum absolute atomic E-state index is 12.6. The van der Waals surface area contributed by atoms with Crippen molar-refractivity contribution in [3.05, 3.63) is 90.0 Å². The van der Waals surface area contributed by atoms with Gasteiger partial charge in [0.2, 0.25) is 0 Å². The topological polar surface area (TPSA) is 84.5 Å². The van der Waals surface area contributed by atoms with Crippen molar-refractivity contribution in [2.24, 2.45) is 0 Å². The molecular weight excluding hydrogens is 424 g/mol. The number of anilines is 1. The van der Waals surface area contributed by atoms with E-state index in [0.29, 0.717) is 11.4 Å². The first kappa shape index (κ1) is 23.3. The molecule has 3 aromatic rings. The van der Waals surface area contributed by atoms with Crippen LogP contribution in [0, 0.1) is 6.92 Å². The summed E-state index contributed by atoms with van der Waals surface area (Å²) in [5, 5.41) is 2.92. The van der Waals surface area contributed by atoms with E-state index in [-0.39, 0.29) is 23.5 Å². The van der Waals surface area contributed by atoms with Gasteiger partial charge in [0.05, 0.1) is 10.6 Å². The van der Waals surface area contributed by atoms with Gasteiger partial charge in [0, 0.05) is 6.04 Å². The lowest BCUT2D eigenvalue weighted by atomic mass is 10.1. The van der Waals surface area contributed by atoms with Crippen molar-refractivity contribution in [3.63, 3.8) is 0 Å². The maximum Gasteiger partial charge on any atom is 0.261 e. The molecule has 0 bridgehead atoms. The van der Waals surface area contributed by atoms with E-state index in [2.05, 4.69) is 22.2 Å². The third kappa shape index (κ3) is 6.85. The van der Waals surface area contributed by atoms with Crippen LogP contribution >= 0.6 is 0 Å². The van der Waals surface area contributed by atoms with E-state index in [1.807, 2.05) is 44.2 Å². The zero-order valence-corrected chi connectivity index (χ0v) is 19.1. The summed E-state index contributed by atoms with van der Waals surface area (Å²) in [5.74, 6) is 0.204. The number of hydrogen-bond acceptors (Lipinski definition) is 4. The summed E-state index contributed by atoms with van der Waals surface area (Å²) in [7, 11) is -3.71. The van der Waals surface area contributed by atoms with E-state index < -0.39 is 10.0 Å². The number of benzene rings is 3. The Morgan fingerprint density at radius 2 is 1.59 bits per heavy atom. The molecule has 0 aliphatic carbocycles. The fourth-order valence-corrected chi connectivity index (χ4v) is 4.30. The first-order chi connectivity index (χ1) is 15.3. The monoisotopic (exact) mass is 452 g/mol. The van der Waals surface area contributed by atoms with E-state index in [0.717, 1.165) is 18.4 Å². The molecule has 0 aromatic heterocycles. The van der Waals surface area contributed by atoms with Gasteiger partial charge in [-0.15, -0.1) is 0 Å².